The number of halogens is 3. The molecule has 0 aliphatic carbocycles. The summed E-state index contributed by atoms with van der Waals surface area (Å²) in [5.74, 6) is -2.53. The molecule has 0 bridgehead atoms. The minimum Gasteiger partial charge on any atom is -0.550 e. The Morgan fingerprint density at radius 2 is 0.771 bits per heavy atom. The number of rotatable bonds is 26. The van der Waals surface area contributed by atoms with Crippen LogP contribution in [0.1, 0.15) is 62.5 Å². The first-order chi connectivity index (χ1) is 52.4. The lowest BCUT2D eigenvalue weighted by atomic mass is 9.96. The van der Waals surface area contributed by atoms with Crippen molar-refractivity contribution < 1.29 is 90.1 Å². The summed E-state index contributed by atoms with van der Waals surface area (Å²) in [5.41, 5.74) is 38.9. The number of nitrogen functional groups attached to an aromatic ring is 6. The predicted octanol–water partition coefficient (Wildman–Crippen LogP) is 6.64. The highest BCUT2D eigenvalue weighted by Gasteiger charge is 2.32. The highest BCUT2D eigenvalue weighted by molar-refractivity contribution is 7.10. The van der Waals surface area contributed by atoms with Crippen LogP contribution in [0.3, 0.4) is 0 Å². The van der Waals surface area contributed by atoms with Crippen molar-refractivity contribution in [3.63, 3.8) is 0 Å². The summed E-state index contributed by atoms with van der Waals surface area (Å²) in [6, 6.07) is 42.1. The van der Waals surface area contributed by atoms with E-state index in [-0.39, 0.29) is 54.1 Å². The van der Waals surface area contributed by atoms with Gasteiger partial charge in [-0.05, 0) is 144 Å². The third-order valence-electron chi connectivity index (χ3n) is 17.6. The zero-order chi connectivity index (χ0) is 76.9. The first-order valence-electron chi connectivity index (χ1n) is 34.3. The van der Waals surface area contributed by atoms with Crippen molar-refractivity contribution in [3.05, 3.63) is 267 Å². The van der Waals surface area contributed by atoms with Crippen LogP contribution in [0.2, 0.25) is 0 Å². The molecule has 0 saturated heterocycles. The summed E-state index contributed by atoms with van der Waals surface area (Å²) < 4.78 is 89.7. The fourth-order valence-electron chi connectivity index (χ4n) is 12.6. The number of carbonyl (C=O) groups is 3. The normalized spacial score (nSPS) is 15.2. The molecule has 0 fully saturated rings. The van der Waals surface area contributed by atoms with Crippen LogP contribution in [0.25, 0.3) is 0 Å². The molecule has 6 aromatic heterocycles. The number of carboxylic acid groups (broad SMARTS) is 3. The van der Waals surface area contributed by atoms with E-state index in [4.69, 9.17) is 67.9 Å². The molecule has 6 aromatic carbocycles. The van der Waals surface area contributed by atoms with Crippen LogP contribution in [-0.2, 0) is 72.9 Å². The molecular weight excluding hydrogens is 1470 g/mol. The number of carbonyl (C=O) groups excluding carboxylic acids is 3. The Kier molecular flexibility index (Phi) is 24.3. The molecule has 566 valence electrons. The van der Waals surface area contributed by atoms with Crippen LogP contribution in [0.4, 0.5) is 47.3 Å². The van der Waals surface area contributed by atoms with E-state index in [1.807, 2.05) is 90.5 Å². The van der Waals surface area contributed by atoms with Gasteiger partial charge in [-0.1, -0.05) is 18.2 Å². The molecule has 9 heterocycles. The molecule has 6 atom stereocenters. The highest BCUT2D eigenvalue weighted by atomic mass is 32.1. The number of aliphatic hydroxyl groups is 1. The number of ether oxygens (including phenoxy) is 6. The topological polar surface area (TPSA) is 379 Å². The van der Waals surface area contributed by atoms with Crippen LogP contribution < -0.4 is 91.8 Å². The van der Waals surface area contributed by atoms with Crippen molar-refractivity contribution in [3.8, 4) is 34.5 Å². The van der Waals surface area contributed by atoms with Crippen molar-refractivity contribution >= 4 is 86.0 Å². The Morgan fingerprint density at radius 1 is 0.468 bits per heavy atom. The summed E-state index contributed by atoms with van der Waals surface area (Å²) in [7, 11) is 0. The largest absolute Gasteiger partial charge is 0.550 e. The molecular formula is C78H77F3N12O13S3. The van der Waals surface area contributed by atoms with Gasteiger partial charge in [0.1, 0.15) is 152 Å². The van der Waals surface area contributed by atoms with Crippen molar-refractivity contribution in [2.45, 2.75) is 114 Å². The minimum atomic E-state index is -2.97. The van der Waals surface area contributed by atoms with Gasteiger partial charge >= 0.3 is 0 Å². The maximum Gasteiger partial charge on any atom is 0.244 e. The van der Waals surface area contributed by atoms with Gasteiger partial charge in [0.15, 0.2) is 18.3 Å². The summed E-state index contributed by atoms with van der Waals surface area (Å²) in [5, 5.41) is 45.0. The fourth-order valence-corrected chi connectivity index (χ4v) is 14.8. The Hall–Kier alpha value is -12.2. The van der Waals surface area contributed by atoms with Gasteiger partial charge in [-0.25, -0.2) is 40.6 Å². The zero-order valence-corrected chi connectivity index (χ0v) is 60.8. The molecule has 0 spiro atoms. The van der Waals surface area contributed by atoms with Crippen molar-refractivity contribution in [2.24, 2.45) is 0 Å². The number of hydrogen-bond acceptors (Lipinski definition) is 22. The van der Waals surface area contributed by atoms with Gasteiger partial charge in [-0.15, -0.1) is 34.0 Å². The summed E-state index contributed by atoms with van der Waals surface area (Å²) in [4.78, 5) is 33.3. The number of hydrogen-bond donors (Lipinski definition) is 7. The molecule has 3 aliphatic rings. The van der Waals surface area contributed by atoms with Gasteiger partial charge in [0, 0.05) is 92.4 Å². The van der Waals surface area contributed by atoms with Crippen LogP contribution in [0, 0.1) is 17.5 Å². The third kappa shape index (κ3) is 20.7. The number of aromatic nitrogens is 6. The van der Waals surface area contributed by atoms with Gasteiger partial charge < -0.3 is 97.6 Å². The van der Waals surface area contributed by atoms with Gasteiger partial charge in [-0.2, -0.15) is 0 Å². The fraction of sp³-hybridized carbons (Fsp3) is 0.231. The average Bonchev–Trinajstić information content (AvgIpc) is 1.67. The Morgan fingerprint density at radius 3 is 1.03 bits per heavy atom. The quantitative estimate of drug-likeness (QED) is 0.0220. The molecule has 0 radical (unpaired) electrons. The van der Waals surface area contributed by atoms with Crippen LogP contribution in [0.15, 0.2) is 218 Å². The van der Waals surface area contributed by atoms with E-state index in [9.17, 15) is 42.9 Å². The average molecular weight is 1540 g/mol. The molecule has 109 heavy (non-hydrogen) atoms. The van der Waals surface area contributed by atoms with E-state index in [2.05, 4.69) is 45.6 Å². The van der Waals surface area contributed by atoms with Crippen molar-refractivity contribution in [1.29, 1.82) is 0 Å². The van der Waals surface area contributed by atoms with E-state index in [0.29, 0.717) is 110 Å². The number of thiophene rings is 3. The van der Waals surface area contributed by atoms with Gasteiger partial charge in [0.2, 0.25) is 19.0 Å². The van der Waals surface area contributed by atoms with E-state index >= 15 is 0 Å². The lowest BCUT2D eigenvalue weighted by Gasteiger charge is -2.29. The number of nitrogens with zero attached hydrogens (tertiary/aromatic N) is 6. The van der Waals surface area contributed by atoms with E-state index in [1.54, 1.807) is 125 Å². The SMILES string of the molecule is Nc1ccc(OC(C[n+]2ccn(CC3Cc4cc(F)ccc4O3)c2)c2cccs2)c(N)c1.Nc1ccc(OC(C[n+]2ccn(CC3Cc4cc(F)ccc4O3)c2)c2cccs2)c(N)c1.Nc1ccc(OC(C[n+]2ccn(CC3Cc4cc(F)ccc4O3)c2)c2cccs2)c(N)c1.O=C([O-])CC(O)(CC(=O)[O-])C(=O)[O-]. The standard InChI is InChI=1S/3C24H24FN4O2S.C6H8O7/c3*25-17-3-5-21-16(10-17)11-19(30-21)13-28-7-8-29(15-28)14-23(24-2-1-9-32-24)31-22-6-4-18(26)12-20(22)27;7-3(8)1-6(13,5(11)12)2-4(9)10/h3*1-10,12,15,19,23H,11,13-14,26-27H2;13H,1-2H2,(H,7,8)(H,9,10)(H,11,12)/q3*+1;/p-3. The van der Waals surface area contributed by atoms with Gasteiger partial charge in [0.25, 0.3) is 0 Å². The van der Waals surface area contributed by atoms with E-state index in [0.717, 1.165) is 48.6 Å². The third-order valence-corrected chi connectivity index (χ3v) is 20.5. The lowest BCUT2D eigenvalue weighted by molar-refractivity contribution is -0.703. The predicted molar refractivity (Wildman–Crippen MR) is 396 cm³/mol. The van der Waals surface area contributed by atoms with Crippen LogP contribution in [-0.4, -0.2) is 60.6 Å². The number of anilines is 6. The molecule has 12 aromatic rings. The van der Waals surface area contributed by atoms with Crippen LogP contribution >= 0.6 is 34.0 Å². The molecule has 3 aliphatic heterocycles. The van der Waals surface area contributed by atoms with E-state index in [1.165, 1.54) is 18.2 Å². The summed E-state index contributed by atoms with van der Waals surface area (Å²) >= 11 is 4.93. The number of fused-ring (bicyclic) bond motifs is 3. The molecule has 31 heteroatoms. The molecule has 0 amide bonds. The number of benzene rings is 6. The maximum atomic E-state index is 13.5. The van der Waals surface area contributed by atoms with Crippen molar-refractivity contribution in [1.82, 2.24) is 13.7 Å². The highest BCUT2D eigenvalue weighted by Crippen LogP contribution is 2.37. The zero-order valence-electron chi connectivity index (χ0n) is 58.4. The van der Waals surface area contributed by atoms with Crippen molar-refractivity contribution in [2.75, 3.05) is 34.4 Å². The second-order valence-electron chi connectivity index (χ2n) is 26.2. The number of imidazole rings is 3. The maximum absolute atomic E-state index is 13.5. The van der Waals surface area contributed by atoms with Crippen LogP contribution in [0.5, 0.6) is 34.5 Å². The minimum absolute atomic E-state index is 0.0217. The molecule has 15 rings (SSSR count). The molecule has 6 unspecified atom stereocenters. The molecule has 25 nitrogen and oxygen atoms in total. The lowest BCUT2D eigenvalue weighted by Crippen LogP contribution is -2.54. The summed E-state index contributed by atoms with van der Waals surface area (Å²) in [6.45, 7) is 3.90. The monoisotopic (exact) mass is 1540 g/mol. The van der Waals surface area contributed by atoms with E-state index < -0.39 is 36.4 Å². The second kappa shape index (κ2) is 34.6. The van der Waals surface area contributed by atoms with Gasteiger partial charge in [0.05, 0.1) is 23.0 Å². The molecule has 13 N–H and O–H groups in total. The first kappa shape index (κ1) is 76.5. The Bertz CT molecular complexity index is 4630. The van der Waals surface area contributed by atoms with Gasteiger partial charge in [-0.3, -0.25) is 0 Å². The smallest absolute Gasteiger partial charge is 0.244 e. The number of aliphatic carboxylic acids is 3. The first-order valence-corrected chi connectivity index (χ1v) is 36.9. The Labute approximate surface area is 635 Å². The summed E-state index contributed by atoms with van der Waals surface area (Å²) in [6.07, 6.45) is 16.9. The number of nitrogens with two attached hydrogens (primary N) is 6. The number of carboxylic acids is 3. The molecule has 0 saturated carbocycles. The Balaban J connectivity index is 0.000000141. The second-order valence-corrected chi connectivity index (χ2v) is 29.1.